The van der Waals surface area contributed by atoms with Crippen molar-refractivity contribution in [3.05, 3.63) is 35.9 Å². The third-order valence-electron chi connectivity index (χ3n) is 3.36. The number of hydrogen-bond donors (Lipinski definition) is 1. The predicted octanol–water partition coefficient (Wildman–Crippen LogP) is 2.44. The van der Waals surface area contributed by atoms with Gasteiger partial charge in [0.2, 0.25) is 0 Å². The van der Waals surface area contributed by atoms with Crippen LogP contribution in [0.2, 0.25) is 0 Å². The molecular weight excluding hydrogens is 244 g/mol. The van der Waals surface area contributed by atoms with Crippen molar-refractivity contribution in [2.24, 2.45) is 0 Å². The fourth-order valence-corrected chi connectivity index (χ4v) is 2.25. The summed E-state index contributed by atoms with van der Waals surface area (Å²) in [7, 11) is 0. The second kappa shape index (κ2) is 7.26. The molecule has 1 aliphatic heterocycles. The first-order valence-electron chi connectivity index (χ1n) is 6.74. The SMILES string of the molecule is O=C(O)C(COCC1CCCCO1)c1ccccc1. The molecule has 1 fully saturated rings. The van der Waals surface area contributed by atoms with Gasteiger partial charge >= 0.3 is 5.97 Å². The van der Waals surface area contributed by atoms with Gasteiger partial charge in [0.15, 0.2) is 0 Å². The summed E-state index contributed by atoms with van der Waals surface area (Å²) < 4.78 is 11.1. The van der Waals surface area contributed by atoms with Gasteiger partial charge in [0, 0.05) is 6.61 Å². The lowest BCUT2D eigenvalue weighted by Gasteiger charge is -2.23. The summed E-state index contributed by atoms with van der Waals surface area (Å²) in [6, 6.07) is 9.20. The van der Waals surface area contributed by atoms with Crippen molar-refractivity contribution in [3.8, 4) is 0 Å². The van der Waals surface area contributed by atoms with Gasteiger partial charge < -0.3 is 14.6 Å². The van der Waals surface area contributed by atoms with Crippen LogP contribution in [-0.4, -0.2) is 37.0 Å². The van der Waals surface area contributed by atoms with Crippen LogP contribution < -0.4 is 0 Å². The molecule has 4 nitrogen and oxygen atoms in total. The minimum absolute atomic E-state index is 0.124. The fraction of sp³-hybridized carbons (Fsp3) is 0.533. The van der Waals surface area contributed by atoms with Crippen LogP contribution in [0.5, 0.6) is 0 Å². The molecule has 1 heterocycles. The van der Waals surface area contributed by atoms with Gasteiger partial charge in [0.1, 0.15) is 5.92 Å². The Balaban J connectivity index is 1.82. The minimum atomic E-state index is -0.851. The van der Waals surface area contributed by atoms with Gasteiger partial charge in [0.25, 0.3) is 0 Å². The second-order valence-corrected chi connectivity index (χ2v) is 4.83. The second-order valence-electron chi connectivity index (χ2n) is 4.83. The molecule has 1 saturated heterocycles. The summed E-state index contributed by atoms with van der Waals surface area (Å²) in [5, 5.41) is 9.25. The van der Waals surface area contributed by atoms with Crippen molar-refractivity contribution >= 4 is 5.97 Å². The highest BCUT2D eigenvalue weighted by Gasteiger charge is 2.21. The minimum Gasteiger partial charge on any atom is -0.481 e. The zero-order valence-corrected chi connectivity index (χ0v) is 11.0. The maximum atomic E-state index is 11.3. The number of ether oxygens (including phenoxy) is 2. The van der Waals surface area contributed by atoms with Crippen LogP contribution in [-0.2, 0) is 14.3 Å². The van der Waals surface area contributed by atoms with E-state index in [-0.39, 0.29) is 12.7 Å². The highest BCUT2D eigenvalue weighted by molar-refractivity contribution is 5.76. The Bertz CT molecular complexity index is 384. The number of benzene rings is 1. The van der Waals surface area contributed by atoms with Gasteiger partial charge in [-0.25, -0.2) is 0 Å². The Kier molecular flexibility index (Phi) is 5.36. The van der Waals surface area contributed by atoms with Crippen LogP contribution in [0, 0.1) is 0 Å². The zero-order chi connectivity index (χ0) is 13.5. The van der Waals surface area contributed by atoms with E-state index in [0.717, 1.165) is 31.4 Å². The van der Waals surface area contributed by atoms with Crippen molar-refractivity contribution < 1.29 is 19.4 Å². The van der Waals surface area contributed by atoms with Crippen LogP contribution in [0.3, 0.4) is 0 Å². The molecule has 2 atom stereocenters. The van der Waals surface area contributed by atoms with E-state index in [1.807, 2.05) is 30.3 Å². The summed E-state index contributed by atoms with van der Waals surface area (Å²) in [6.07, 6.45) is 3.40. The first-order valence-corrected chi connectivity index (χ1v) is 6.74. The maximum absolute atomic E-state index is 11.3. The molecule has 0 spiro atoms. The molecule has 19 heavy (non-hydrogen) atoms. The van der Waals surface area contributed by atoms with E-state index in [1.54, 1.807) is 0 Å². The number of hydrogen-bond acceptors (Lipinski definition) is 3. The first kappa shape index (κ1) is 14.0. The van der Waals surface area contributed by atoms with E-state index in [1.165, 1.54) is 0 Å². The molecule has 1 aromatic carbocycles. The molecule has 0 bridgehead atoms. The lowest BCUT2D eigenvalue weighted by atomic mass is 10.0. The monoisotopic (exact) mass is 264 g/mol. The molecule has 1 aromatic rings. The van der Waals surface area contributed by atoms with Gasteiger partial charge in [-0.15, -0.1) is 0 Å². The Morgan fingerprint density at radius 2 is 2.16 bits per heavy atom. The molecule has 1 N–H and O–H groups in total. The lowest BCUT2D eigenvalue weighted by molar-refractivity contribution is -0.141. The van der Waals surface area contributed by atoms with Crippen LogP contribution in [0.15, 0.2) is 30.3 Å². The third-order valence-corrected chi connectivity index (χ3v) is 3.36. The number of carbonyl (C=O) groups is 1. The molecule has 104 valence electrons. The van der Waals surface area contributed by atoms with Gasteiger partial charge in [-0.3, -0.25) is 4.79 Å². The van der Waals surface area contributed by atoms with Crippen molar-refractivity contribution in [3.63, 3.8) is 0 Å². The van der Waals surface area contributed by atoms with Gasteiger partial charge in [-0.2, -0.15) is 0 Å². The number of rotatable bonds is 6. The van der Waals surface area contributed by atoms with Crippen LogP contribution >= 0.6 is 0 Å². The van der Waals surface area contributed by atoms with E-state index < -0.39 is 11.9 Å². The normalized spacial score (nSPS) is 20.9. The van der Waals surface area contributed by atoms with Crippen LogP contribution in [0.25, 0.3) is 0 Å². The highest BCUT2D eigenvalue weighted by Crippen LogP contribution is 2.18. The van der Waals surface area contributed by atoms with E-state index in [2.05, 4.69) is 0 Å². The molecule has 0 aliphatic carbocycles. The molecule has 0 aromatic heterocycles. The van der Waals surface area contributed by atoms with Gasteiger partial charge in [0.05, 0.1) is 19.3 Å². The van der Waals surface area contributed by atoms with Gasteiger partial charge in [-0.1, -0.05) is 30.3 Å². The Hall–Kier alpha value is -1.39. The van der Waals surface area contributed by atoms with Crippen LogP contribution in [0.4, 0.5) is 0 Å². The Morgan fingerprint density at radius 1 is 1.37 bits per heavy atom. The number of carboxylic acid groups (broad SMARTS) is 1. The lowest BCUT2D eigenvalue weighted by Crippen LogP contribution is -2.26. The standard InChI is InChI=1S/C15H20O4/c16-15(17)14(12-6-2-1-3-7-12)11-18-10-13-8-4-5-9-19-13/h1-3,6-7,13-14H,4-5,8-11H2,(H,16,17). The van der Waals surface area contributed by atoms with Crippen molar-refractivity contribution in [1.82, 2.24) is 0 Å². The highest BCUT2D eigenvalue weighted by atomic mass is 16.5. The van der Waals surface area contributed by atoms with E-state index in [4.69, 9.17) is 9.47 Å². The first-order chi connectivity index (χ1) is 9.27. The summed E-state index contributed by atoms with van der Waals surface area (Å²) in [4.78, 5) is 11.3. The quantitative estimate of drug-likeness (QED) is 0.857. The molecular formula is C15H20O4. The maximum Gasteiger partial charge on any atom is 0.313 e. The van der Waals surface area contributed by atoms with E-state index in [0.29, 0.717) is 6.61 Å². The predicted molar refractivity (Wildman–Crippen MR) is 71.2 cm³/mol. The van der Waals surface area contributed by atoms with Crippen molar-refractivity contribution in [2.45, 2.75) is 31.3 Å². The molecule has 0 radical (unpaired) electrons. The Morgan fingerprint density at radius 3 is 2.79 bits per heavy atom. The molecule has 2 unspecified atom stereocenters. The summed E-state index contributed by atoms with van der Waals surface area (Å²) in [5.41, 5.74) is 0.777. The van der Waals surface area contributed by atoms with E-state index >= 15 is 0 Å². The number of carboxylic acids is 1. The largest absolute Gasteiger partial charge is 0.481 e. The summed E-state index contributed by atoms with van der Waals surface area (Å²) in [6.45, 7) is 1.46. The third kappa shape index (κ3) is 4.33. The average molecular weight is 264 g/mol. The molecule has 0 amide bonds. The average Bonchev–Trinajstić information content (AvgIpc) is 2.45. The smallest absolute Gasteiger partial charge is 0.313 e. The molecule has 2 rings (SSSR count). The van der Waals surface area contributed by atoms with Crippen LogP contribution in [0.1, 0.15) is 30.7 Å². The zero-order valence-electron chi connectivity index (χ0n) is 11.0. The summed E-state index contributed by atoms with van der Waals surface area (Å²) >= 11 is 0. The molecule has 1 aliphatic rings. The Labute approximate surface area is 113 Å². The van der Waals surface area contributed by atoms with E-state index in [9.17, 15) is 9.90 Å². The van der Waals surface area contributed by atoms with Gasteiger partial charge in [-0.05, 0) is 24.8 Å². The van der Waals surface area contributed by atoms with Crippen molar-refractivity contribution in [1.29, 1.82) is 0 Å². The molecule has 0 saturated carbocycles. The summed E-state index contributed by atoms with van der Waals surface area (Å²) in [5.74, 6) is -1.46. The number of aliphatic carboxylic acids is 1. The van der Waals surface area contributed by atoms with Crippen molar-refractivity contribution in [2.75, 3.05) is 19.8 Å². The molecule has 4 heteroatoms. The fourth-order valence-electron chi connectivity index (χ4n) is 2.25. The topological polar surface area (TPSA) is 55.8 Å².